The van der Waals surface area contributed by atoms with Gasteiger partial charge in [0.2, 0.25) is 5.91 Å². The van der Waals surface area contributed by atoms with Gasteiger partial charge in [-0.15, -0.1) is 0 Å². The zero-order valence-electron chi connectivity index (χ0n) is 19.4. The van der Waals surface area contributed by atoms with Gasteiger partial charge < -0.3 is 10.2 Å². The number of hydrogen-bond donors (Lipinski definition) is 2. The molecule has 11 heteroatoms. The van der Waals surface area contributed by atoms with E-state index in [9.17, 15) is 14.2 Å². The van der Waals surface area contributed by atoms with Crippen molar-refractivity contribution in [2.24, 2.45) is 0 Å². The van der Waals surface area contributed by atoms with Gasteiger partial charge in [-0.2, -0.15) is 0 Å². The Hall–Kier alpha value is -0.900. The van der Waals surface area contributed by atoms with Crippen LogP contribution in [0.2, 0.25) is 0 Å². The van der Waals surface area contributed by atoms with Gasteiger partial charge in [-0.05, 0) is 48.6 Å². The lowest BCUT2D eigenvalue weighted by atomic mass is 10.1. The zero-order chi connectivity index (χ0) is 24.2. The first-order valence-corrected chi connectivity index (χ1v) is 15.3. The second kappa shape index (κ2) is 19.4. The van der Waals surface area contributed by atoms with Crippen molar-refractivity contribution in [2.75, 3.05) is 26.0 Å². The first kappa shape index (κ1) is 30.1. The second-order valence-electron chi connectivity index (χ2n) is 7.52. The molecule has 0 saturated carbocycles. The molecule has 0 fully saturated rings. The molecule has 33 heavy (non-hydrogen) atoms. The van der Waals surface area contributed by atoms with E-state index in [-0.39, 0.29) is 12.5 Å². The molecule has 0 radical (unpaired) electrons. The molecule has 1 aromatic heterocycles. The molecule has 1 amide bonds. The summed E-state index contributed by atoms with van der Waals surface area (Å²) in [7, 11) is 0.532. The summed E-state index contributed by atoms with van der Waals surface area (Å²) in [6.07, 6.45) is 10.5. The van der Waals surface area contributed by atoms with Crippen molar-refractivity contribution in [1.82, 2.24) is 10.3 Å². The molecular weight excluding hydrogens is 483 g/mol. The maximum Gasteiger partial charge on any atom is 0.471 e. The van der Waals surface area contributed by atoms with Crippen LogP contribution in [0.4, 0.5) is 0 Å². The molecule has 0 aliphatic heterocycles. The Labute approximate surface area is 205 Å². The molecule has 0 aliphatic rings. The van der Waals surface area contributed by atoms with E-state index in [0.717, 1.165) is 62.8 Å². The lowest BCUT2D eigenvalue weighted by molar-refractivity contribution is -0.121. The highest BCUT2D eigenvalue weighted by atomic mass is 33.1. The summed E-state index contributed by atoms with van der Waals surface area (Å²) in [5.74, 6) is 1.17. The number of rotatable bonds is 21. The normalized spacial score (nSPS) is 12.9. The Bertz CT molecular complexity index is 711. The van der Waals surface area contributed by atoms with Crippen LogP contribution in [0.5, 0.6) is 0 Å². The number of unbranched alkanes of at least 4 members (excludes halogenated alkanes) is 6. The van der Waals surface area contributed by atoms with E-state index in [1.807, 2.05) is 18.2 Å². The predicted octanol–water partition coefficient (Wildman–Crippen LogP) is 5.56. The van der Waals surface area contributed by atoms with E-state index in [4.69, 9.17) is 9.42 Å². The SMILES string of the molecule is COP(=O)(O)OCCCCCCNC(=O)CCCCCCC(=O)CCSSc1ccccn1. The van der Waals surface area contributed by atoms with Crippen LogP contribution >= 0.6 is 29.4 Å². The molecule has 1 atom stereocenters. The van der Waals surface area contributed by atoms with E-state index >= 15 is 0 Å². The number of carbonyl (C=O) groups excluding carboxylic acids is 2. The minimum Gasteiger partial charge on any atom is -0.356 e. The summed E-state index contributed by atoms with van der Waals surface area (Å²) in [4.78, 5) is 37.1. The van der Waals surface area contributed by atoms with Gasteiger partial charge in [-0.25, -0.2) is 9.55 Å². The molecule has 0 saturated heterocycles. The summed E-state index contributed by atoms with van der Waals surface area (Å²) in [6.45, 7) is 0.824. The minimum absolute atomic E-state index is 0.0677. The molecule has 1 unspecified atom stereocenters. The monoisotopic (exact) mass is 520 g/mol. The van der Waals surface area contributed by atoms with Crippen molar-refractivity contribution in [3.05, 3.63) is 24.4 Å². The number of Topliss-reactive ketones (excluding diaryl/α,β-unsaturated/α-hetero) is 1. The van der Waals surface area contributed by atoms with Gasteiger partial charge in [0.25, 0.3) is 0 Å². The Morgan fingerprint density at radius 3 is 2.48 bits per heavy atom. The highest BCUT2D eigenvalue weighted by Crippen LogP contribution is 2.41. The second-order valence-corrected chi connectivity index (χ2v) is 11.5. The van der Waals surface area contributed by atoms with Crippen molar-refractivity contribution in [2.45, 2.75) is 75.7 Å². The number of nitrogens with one attached hydrogen (secondary N) is 1. The first-order valence-electron chi connectivity index (χ1n) is 11.4. The molecule has 1 heterocycles. The molecule has 0 aliphatic carbocycles. The van der Waals surface area contributed by atoms with Crippen molar-refractivity contribution in [1.29, 1.82) is 0 Å². The van der Waals surface area contributed by atoms with Gasteiger partial charge in [0, 0.05) is 44.9 Å². The molecule has 1 aromatic rings. The molecule has 8 nitrogen and oxygen atoms in total. The minimum atomic E-state index is -3.86. The van der Waals surface area contributed by atoms with Crippen LogP contribution in [0.1, 0.15) is 70.6 Å². The third-order valence-electron chi connectivity index (χ3n) is 4.73. The Morgan fingerprint density at radius 2 is 1.76 bits per heavy atom. The van der Waals surface area contributed by atoms with Gasteiger partial charge >= 0.3 is 7.82 Å². The number of carbonyl (C=O) groups is 2. The highest BCUT2D eigenvalue weighted by molar-refractivity contribution is 8.76. The molecular formula is C22H37N2O6PS2. The van der Waals surface area contributed by atoms with Gasteiger partial charge in [0.1, 0.15) is 10.8 Å². The number of phosphoric ester groups is 1. The summed E-state index contributed by atoms with van der Waals surface area (Å²) < 4.78 is 20.2. The van der Waals surface area contributed by atoms with Crippen LogP contribution < -0.4 is 5.32 Å². The lowest BCUT2D eigenvalue weighted by Gasteiger charge is -2.08. The molecule has 0 aromatic carbocycles. The third kappa shape index (κ3) is 18.1. The van der Waals surface area contributed by atoms with E-state index in [1.165, 1.54) is 0 Å². The molecule has 188 valence electrons. The summed E-state index contributed by atoms with van der Waals surface area (Å²) in [6, 6.07) is 5.80. The van der Waals surface area contributed by atoms with Gasteiger partial charge in [-0.3, -0.25) is 18.6 Å². The fourth-order valence-electron chi connectivity index (χ4n) is 2.87. The van der Waals surface area contributed by atoms with Gasteiger partial charge in [0.15, 0.2) is 0 Å². The van der Waals surface area contributed by atoms with E-state index in [0.29, 0.717) is 38.0 Å². The number of hydrogen-bond acceptors (Lipinski definition) is 8. The average molecular weight is 521 g/mol. The number of amides is 1. The van der Waals surface area contributed by atoms with Crippen LogP contribution in [0, 0.1) is 0 Å². The van der Waals surface area contributed by atoms with Crippen molar-refractivity contribution in [3.63, 3.8) is 0 Å². The Balaban J connectivity index is 1.84. The standard InChI is InChI=1S/C22H37N2O6PS2/c1-29-31(27,28)30-18-11-5-4-9-16-23-21(26)13-7-3-2-6-12-20(25)15-19-32-33-22-14-8-10-17-24-22/h8,10,14,17H,2-7,9,11-13,15-16,18-19H2,1H3,(H,23,26)(H,27,28). The maximum absolute atomic E-state index is 11.9. The van der Waals surface area contributed by atoms with Crippen LogP contribution in [0.3, 0.4) is 0 Å². The van der Waals surface area contributed by atoms with Crippen LogP contribution in [0.25, 0.3) is 0 Å². The highest BCUT2D eigenvalue weighted by Gasteiger charge is 2.17. The lowest BCUT2D eigenvalue weighted by Crippen LogP contribution is -2.23. The van der Waals surface area contributed by atoms with E-state index < -0.39 is 7.82 Å². The Kier molecular flexibility index (Phi) is 17.7. The predicted molar refractivity (Wildman–Crippen MR) is 134 cm³/mol. The number of ketones is 1. The molecule has 2 N–H and O–H groups in total. The molecule has 1 rings (SSSR count). The zero-order valence-corrected chi connectivity index (χ0v) is 21.9. The fraction of sp³-hybridized carbons (Fsp3) is 0.682. The number of aromatic nitrogens is 1. The summed E-state index contributed by atoms with van der Waals surface area (Å²) in [5, 5.41) is 3.88. The van der Waals surface area contributed by atoms with Crippen LogP contribution in [-0.2, 0) is 23.2 Å². The first-order chi connectivity index (χ1) is 15.9. The Morgan fingerprint density at radius 1 is 1.03 bits per heavy atom. The molecule has 0 spiro atoms. The third-order valence-corrected chi connectivity index (χ3v) is 7.97. The topological polar surface area (TPSA) is 115 Å². The number of nitrogens with zero attached hydrogens (tertiary/aromatic N) is 1. The smallest absolute Gasteiger partial charge is 0.356 e. The van der Waals surface area contributed by atoms with Crippen molar-refractivity contribution >= 4 is 41.1 Å². The van der Waals surface area contributed by atoms with Crippen LogP contribution in [-0.4, -0.2) is 47.6 Å². The van der Waals surface area contributed by atoms with Crippen molar-refractivity contribution in [3.8, 4) is 0 Å². The quantitative estimate of drug-likeness (QED) is 0.122. The number of phosphoric acid groups is 1. The van der Waals surface area contributed by atoms with E-state index in [2.05, 4.69) is 14.8 Å². The average Bonchev–Trinajstić information content (AvgIpc) is 2.81. The largest absolute Gasteiger partial charge is 0.471 e. The van der Waals surface area contributed by atoms with Crippen LogP contribution in [0.15, 0.2) is 29.4 Å². The molecule has 0 bridgehead atoms. The summed E-state index contributed by atoms with van der Waals surface area (Å²) in [5.41, 5.74) is 0. The number of pyridine rings is 1. The fourth-order valence-corrected chi connectivity index (χ4v) is 5.25. The maximum atomic E-state index is 11.9. The van der Waals surface area contributed by atoms with Gasteiger partial charge in [-0.1, -0.05) is 42.5 Å². The van der Waals surface area contributed by atoms with E-state index in [1.54, 1.807) is 27.8 Å². The van der Waals surface area contributed by atoms with Gasteiger partial charge in [0.05, 0.1) is 6.61 Å². The van der Waals surface area contributed by atoms with Crippen molar-refractivity contribution < 1.29 is 28.1 Å². The summed E-state index contributed by atoms with van der Waals surface area (Å²) >= 11 is 0.